The molecule has 33 heavy (non-hydrogen) atoms. The van der Waals surface area contributed by atoms with Crippen molar-refractivity contribution in [2.24, 2.45) is 0 Å². The van der Waals surface area contributed by atoms with Gasteiger partial charge in [-0.25, -0.2) is 15.0 Å². The van der Waals surface area contributed by atoms with Crippen molar-refractivity contribution in [3.05, 3.63) is 65.9 Å². The minimum absolute atomic E-state index is 0.0828. The van der Waals surface area contributed by atoms with E-state index < -0.39 is 0 Å². The van der Waals surface area contributed by atoms with Crippen molar-refractivity contribution in [3.63, 3.8) is 0 Å². The second-order valence-electron chi connectivity index (χ2n) is 8.07. The van der Waals surface area contributed by atoms with Crippen LogP contribution in [0.25, 0.3) is 22.3 Å². The number of hydrogen-bond acceptors (Lipinski definition) is 6. The molecule has 5 rings (SSSR count). The average molecular weight is 460 g/mol. The molecule has 1 atom stereocenters. The number of nitrogens with one attached hydrogen (secondary N) is 1. The Morgan fingerprint density at radius 1 is 1.21 bits per heavy atom. The van der Waals surface area contributed by atoms with Gasteiger partial charge in [-0.05, 0) is 56.4 Å². The van der Waals surface area contributed by atoms with E-state index in [9.17, 15) is 4.79 Å². The summed E-state index contributed by atoms with van der Waals surface area (Å²) >= 11 is 1.70. The Morgan fingerprint density at radius 3 is 2.91 bits per heavy atom. The fourth-order valence-electron chi connectivity index (χ4n) is 4.36. The maximum Gasteiger partial charge on any atom is 0.258 e. The van der Waals surface area contributed by atoms with Crippen molar-refractivity contribution in [3.8, 4) is 17.0 Å². The SMILES string of the molecule is COc1cccc(-c2nc(C)ncc2C(=O)N2CCC[C@H]2c2nc3ccc(SC)cc3[nH]2)c1. The molecule has 0 spiro atoms. The number of nitrogens with zero attached hydrogens (tertiary/aromatic N) is 4. The van der Waals surface area contributed by atoms with Gasteiger partial charge in [-0.2, -0.15) is 0 Å². The number of imidazole rings is 1. The molecule has 3 heterocycles. The number of likely N-dealkylation sites (tertiary alicyclic amines) is 1. The molecule has 1 N–H and O–H groups in total. The van der Waals surface area contributed by atoms with Gasteiger partial charge in [0.15, 0.2) is 0 Å². The molecule has 4 aromatic rings. The molecule has 0 saturated carbocycles. The number of aryl methyl sites for hydroxylation is 1. The van der Waals surface area contributed by atoms with Gasteiger partial charge in [0.05, 0.1) is 35.4 Å². The lowest BCUT2D eigenvalue weighted by molar-refractivity contribution is 0.0730. The third kappa shape index (κ3) is 4.06. The lowest BCUT2D eigenvalue weighted by atomic mass is 10.1. The van der Waals surface area contributed by atoms with Crippen molar-refractivity contribution >= 4 is 28.7 Å². The Hall–Kier alpha value is -3.39. The fraction of sp³-hybridized carbons (Fsp3) is 0.280. The molecule has 2 aromatic carbocycles. The summed E-state index contributed by atoms with van der Waals surface area (Å²) in [6.07, 6.45) is 5.48. The van der Waals surface area contributed by atoms with E-state index in [0.29, 0.717) is 29.4 Å². The van der Waals surface area contributed by atoms with Gasteiger partial charge in [0, 0.05) is 23.2 Å². The molecule has 1 saturated heterocycles. The maximum atomic E-state index is 13.8. The monoisotopic (exact) mass is 459 g/mol. The van der Waals surface area contributed by atoms with Gasteiger partial charge in [0.1, 0.15) is 17.4 Å². The number of ether oxygens (including phenoxy) is 1. The molecule has 1 aliphatic heterocycles. The minimum Gasteiger partial charge on any atom is -0.497 e. The van der Waals surface area contributed by atoms with Crippen molar-refractivity contribution in [1.29, 1.82) is 0 Å². The fourth-order valence-corrected chi connectivity index (χ4v) is 4.80. The van der Waals surface area contributed by atoms with Crippen LogP contribution in [0.15, 0.2) is 53.6 Å². The zero-order chi connectivity index (χ0) is 22.9. The van der Waals surface area contributed by atoms with Crippen LogP contribution >= 0.6 is 11.8 Å². The summed E-state index contributed by atoms with van der Waals surface area (Å²) in [5.74, 6) is 2.07. The number of aromatic nitrogens is 4. The van der Waals surface area contributed by atoms with Gasteiger partial charge in [-0.15, -0.1) is 11.8 Å². The number of carbonyl (C=O) groups excluding carboxylic acids is 1. The van der Waals surface area contributed by atoms with Crippen molar-refractivity contribution in [2.45, 2.75) is 30.7 Å². The van der Waals surface area contributed by atoms with E-state index in [1.54, 1.807) is 25.1 Å². The van der Waals surface area contributed by atoms with Crippen molar-refractivity contribution in [2.75, 3.05) is 19.9 Å². The number of H-pyrrole nitrogens is 1. The van der Waals surface area contributed by atoms with Gasteiger partial charge >= 0.3 is 0 Å². The van der Waals surface area contributed by atoms with Crippen LogP contribution in [0.3, 0.4) is 0 Å². The number of fused-ring (bicyclic) bond motifs is 1. The first kappa shape index (κ1) is 21.5. The Balaban J connectivity index is 1.51. The number of aromatic amines is 1. The smallest absolute Gasteiger partial charge is 0.258 e. The van der Waals surface area contributed by atoms with Crippen LogP contribution in [-0.2, 0) is 0 Å². The Bertz CT molecular complexity index is 1340. The molecule has 0 radical (unpaired) electrons. The standard InChI is InChI=1S/C25H25N5O2S/c1-15-26-14-19(23(27-15)16-6-4-7-17(12-16)32-2)25(31)30-11-5-8-22(30)24-28-20-10-9-18(33-3)13-21(20)29-24/h4,6-7,9-10,12-14,22H,5,8,11H2,1-3H3,(H,28,29)/t22-/m0/s1. The second-order valence-corrected chi connectivity index (χ2v) is 8.95. The molecule has 7 nitrogen and oxygen atoms in total. The van der Waals surface area contributed by atoms with Crippen molar-refractivity contribution in [1.82, 2.24) is 24.8 Å². The van der Waals surface area contributed by atoms with E-state index in [-0.39, 0.29) is 11.9 Å². The highest BCUT2D eigenvalue weighted by atomic mass is 32.2. The van der Waals surface area contributed by atoms with Crippen LogP contribution in [0.2, 0.25) is 0 Å². The highest BCUT2D eigenvalue weighted by molar-refractivity contribution is 7.98. The number of benzene rings is 2. The zero-order valence-electron chi connectivity index (χ0n) is 18.8. The number of amides is 1. The van der Waals surface area contributed by atoms with Crippen LogP contribution < -0.4 is 4.74 Å². The minimum atomic E-state index is -0.109. The molecule has 8 heteroatoms. The molecule has 0 aliphatic carbocycles. The molecule has 0 bridgehead atoms. The second kappa shape index (κ2) is 8.86. The predicted octanol–water partition coefficient (Wildman–Crippen LogP) is 5.04. The lowest BCUT2D eigenvalue weighted by Crippen LogP contribution is -2.31. The molecule has 2 aromatic heterocycles. The van der Waals surface area contributed by atoms with Crippen LogP contribution in [-0.4, -0.2) is 50.7 Å². The summed E-state index contributed by atoms with van der Waals surface area (Å²) in [5.41, 5.74) is 3.84. The Morgan fingerprint density at radius 2 is 2.09 bits per heavy atom. The Labute approximate surface area is 196 Å². The molecule has 1 amide bonds. The normalized spacial score (nSPS) is 15.8. The highest BCUT2D eigenvalue weighted by Crippen LogP contribution is 2.35. The number of carbonyl (C=O) groups is 1. The largest absolute Gasteiger partial charge is 0.497 e. The lowest BCUT2D eigenvalue weighted by Gasteiger charge is -2.24. The molecule has 0 unspecified atom stereocenters. The summed E-state index contributed by atoms with van der Waals surface area (Å²) < 4.78 is 5.37. The quantitative estimate of drug-likeness (QED) is 0.421. The zero-order valence-corrected chi connectivity index (χ0v) is 19.6. The van der Waals surface area contributed by atoms with Crippen LogP contribution in [0.1, 0.15) is 40.9 Å². The number of rotatable bonds is 5. The molecule has 168 valence electrons. The van der Waals surface area contributed by atoms with Gasteiger partial charge in [-0.3, -0.25) is 4.79 Å². The van der Waals surface area contributed by atoms with Crippen LogP contribution in [0, 0.1) is 6.92 Å². The van der Waals surface area contributed by atoms with E-state index >= 15 is 0 Å². The number of thioether (sulfide) groups is 1. The van der Waals surface area contributed by atoms with E-state index in [0.717, 1.165) is 35.3 Å². The maximum absolute atomic E-state index is 13.8. The first-order chi connectivity index (χ1) is 16.1. The third-order valence-corrected chi connectivity index (χ3v) is 6.74. The molecule has 1 aliphatic rings. The molecular formula is C25H25N5O2S. The number of hydrogen-bond donors (Lipinski definition) is 1. The number of methoxy groups -OCH3 is 1. The summed E-state index contributed by atoms with van der Waals surface area (Å²) in [5, 5.41) is 0. The van der Waals surface area contributed by atoms with E-state index in [4.69, 9.17) is 9.72 Å². The van der Waals surface area contributed by atoms with E-state index in [1.807, 2.05) is 42.2 Å². The molecular weight excluding hydrogens is 434 g/mol. The molecule has 1 fully saturated rings. The first-order valence-electron chi connectivity index (χ1n) is 10.9. The van der Waals surface area contributed by atoms with E-state index in [2.05, 4.69) is 33.3 Å². The van der Waals surface area contributed by atoms with Crippen LogP contribution in [0.4, 0.5) is 0 Å². The highest BCUT2D eigenvalue weighted by Gasteiger charge is 2.34. The summed E-state index contributed by atoms with van der Waals surface area (Å²) in [6.45, 7) is 2.50. The summed E-state index contributed by atoms with van der Waals surface area (Å²) in [7, 11) is 1.63. The van der Waals surface area contributed by atoms with Gasteiger partial charge < -0.3 is 14.6 Å². The van der Waals surface area contributed by atoms with Crippen molar-refractivity contribution < 1.29 is 9.53 Å². The van der Waals surface area contributed by atoms with Gasteiger partial charge in [0.25, 0.3) is 5.91 Å². The summed E-state index contributed by atoms with van der Waals surface area (Å²) in [4.78, 5) is 34.1. The third-order valence-electron chi connectivity index (χ3n) is 6.02. The average Bonchev–Trinajstić information content (AvgIpc) is 3.50. The predicted molar refractivity (Wildman–Crippen MR) is 130 cm³/mol. The van der Waals surface area contributed by atoms with Gasteiger partial charge in [-0.1, -0.05) is 12.1 Å². The first-order valence-corrected chi connectivity index (χ1v) is 12.1. The topological polar surface area (TPSA) is 84.0 Å². The van der Waals surface area contributed by atoms with Crippen LogP contribution in [0.5, 0.6) is 5.75 Å². The van der Waals surface area contributed by atoms with E-state index in [1.165, 1.54) is 4.90 Å². The Kier molecular flexibility index (Phi) is 5.76. The summed E-state index contributed by atoms with van der Waals surface area (Å²) in [6, 6.07) is 13.7. The van der Waals surface area contributed by atoms with Gasteiger partial charge in [0.2, 0.25) is 0 Å².